The number of alkyl halides is 3. The van der Waals surface area contributed by atoms with E-state index in [0.29, 0.717) is 29.9 Å². The zero-order valence-corrected chi connectivity index (χ0v) is 24.1. The summed E-state index contributed by atoms with van der Waals surface area (Å²) in [7, 11) is -3.83. The van der Waals surface area contributed by atoms with Gasteiger partial charge in [-0.1, -0.05) is 19.1 Å². The molecule has 0 aliphatic carbocycles. The van der Waals surface area contributed by atoms with E-state index in [1.54, 1.807) is 19.1 Å². The number of sulfonamides is 1. The quantitative estimate of drug-likeness (QED) is 0.464. The van der Waals surface area contributed by atoms with Crippen molar-refractivity contribution in [3.63, 3.8) is 0 Å². The molecule has 4 rings (SSSR count). The number of carbonyl (C=O) groups is 2. The van der Waals surface area contributed by atoms with Gasteiger partial charge in [-0.3, -0.25) is 9.52 Å². The van der Waals surface area contributed by atoms with Gasteiger partial charge in [0.1, 0.15) is 0 Å². The van der Waals surface area contributed by atoms with Gasteiger partial charge in [-0.2, -0.15) is 13.2 Å². The lowest BCUT2D eigenvalue weighted by atomic mass is 10.1. The van der Waals surface area contributed by atoms with Gasteiger partial charge in [-0.05, 0) is 55.8 Å². The van der Waals surface area contributed by atoms with Crippen molar-refractivity contribution in [3.05, 3.63) is 53.1 Å². The van der Waals surface area contributed by atoms with Gasteiger partial charge in [0, 0.05) is 57.9 Å². The van der Waals surface area contributed by atoms with E-state index in [-0.39, 0.29) is 10.8 Å². The van der Waals surface area contributed by atoms with Crippen LogP contribution in [-0.4, -0.2) is 100 Å². The fourth-order valence-corrected chi connectivity index (χ4v) is 5.97. The van der Waals surface area contributed by atoms with Crippen molar-refractivity contribution >= 4 is 33.3 Å². The largest absolute Gasteiger partial charge is 0.490 e. The predicted molar refractivity (Wildman–Crippen MR) is 150 cm³/mol. The second kappa shape index (κ2) is 13.5. The Hall–Kier alpha value is -3.36. The lowest BCUT2D eigenvalue weighted by Gasteiger charge is -2.34. The van der Waals surface area contributed by atoms with Crippen LogP contribution >= 0.6 is 0 Å². The number of amides is 1. The Morgan fingerprint density at radius 2 is 1.59 bits per heavy atom. The van der Waals surface area contributed by atoms with Crippen molar-refractivity contribution in [2.24, 2.45) is 0 Å². The average molecular weight is 600 g/mol. The zero-order valence-electron chi connectivity index (χ0n) is 23.3. The summed E-state index contributed by atoms with van der Waals surface area (Å²) in [5.74, 6) is -2.82. The van der Waals surface area contributed by atoms with E-state index >= 15 is 0 Å². The SMILES string of the molecule is CCN1CCN(C(=O)c2ccc(N3CCNCC3)c(NS(=O)(=O)c3cc(C)ccc3C)c2)CC1.O=C(O)C(F)(F)F. The van der Waals surface area contributed by atoms with Gasteiger partial charge in [0.25, 0.3) is 15.9 Å². The van der Waals surface area contributed by atoms with Crippen molar-refractivity contribution in [2.75, 3.05) is 68.5 Å². The molecule has 0 unspecified atom stereocenters. The van der Waals surface area contributed by atoms with E-state index in [2.05, 4.69) is 26.8 Å². The Morgan fingerprint density at radius 3 is 2.15 bits per heavy atom. The number of hydrogen-bond acceptors (Lipinski definition) is 7. The molecule has 10 nitrogen and oxygen atoms in total. The van der Waals surface area contributed by atoms with Gasteiger partial charge in [0.2, 0.25) is 0 Å². The summed E-state index contributed by atoms with van der Waals surface area (Å²) >= 11 is 0. The molecule has 14 heteroatoms. The molecule has 0 atom stereocenters. The molecule has 0 radical (unpaired) electrons. The number of aliphatic carboxylic acids is 1. The molecule has 1 amide bonds. The molecule has 2 aliphatic heterocycles. The lowest BCUT2D eigenvalue weighted by molar-refractivity contribution is -0.192. The third-order valence-corrected chi connectivity index (χ3v) is 8.44. The summed E-state index contributed by atoms with van der Waals surface area (Å²) < 4.78 is 61.4. The van der Waals surface area contributed by atoms with Crippen LogP contribution in [0.5, 0.6) is 0 Å². The topological polar surface area (TPSA) is 122 Å². The van der Waals surface area contributed by atoms with Crippen molar-refractivity contribution in [2.45, 2.75) is 31.8 Å². The number of carboxylic acids is 1. The van der Waals surface area contributed by atoms with Gasteiger partial charge in [0.15, 0.2) is 0 Å². The monoisotopic (exact) mass is 599 g/mol. The second-order valence-corrected chi connectivity index (χ2v) is 11.5. The highest BCUT2D eigenvalue weighted by atomic mass is 32.2. The maximum absolute atomic E-state index is 13.4. The number of carbonyl (C=O) groups excluding carboxylic acids is 1. The summed E-state index contributed by atoms with van der Waals surface area (Å²) in [6, 6.07) is 10.8. The van der Waals surface area contributed by atoms with Gasteiger partial charge in [0.05, 0.1) is 16.3 Å². The summed E-state index contributed by atoms with van der Waals surface area (Å²) in [6.45, 7) is 13.0. The molecule has 0 aromatic heterocycles. The molecule has 2 saturated heterocycles. The van der Waals surface area contributed by atoms with Crippen molar-refractivity contribution in [1.82, 2.24) is 15.1 Å². The van der Waals surface area contributed by atoms with Gasteiger partial charge in [-0.15, -0.1) is 0 Å². The smallest absolute Gasteiger partial charge is 0.475 e. The van der Waals surface area contributed by atoms with Crippen molar-refractivity contribution < 1.29 is 36.3 Å². The maximum atomic E-state index is 13.4. The number of piperazine rings is 2. The lowest BCUT2D eigenvalue weighted by Crippen LogP contribution is -2.48. The van der Waals surface area contributed by atoms with Crippen molar-refractivity contribution in [1.29, 1.82) is 0 Å². The molecule has 2 heterocycles. The minimum absolute atomic E-state index is 0.0604. The molecule has 2 fully saturated rings. The van der Waals surface area contributed by atoms with Crippen LogP contribution in [-0.2, 0) is 14.8 Å². The summed E-state index contributed by atoms with van der Waals surface area (Å²) in [4.78, 5) is 28.8. The predicted octanol–water partition coefficient (Wildman–Crippen LogP) is 2.92. The molecule has 3 N–H and O–H groups in total. The second-order valence-electron chi connectivity index (χ2n) is 9.87. The number of likely N-dealkylation sites (N-methyl/N-ethyl adjacent to an activating group) is 1. The minimum atomic E-state index is -5.08. The molecule has 0 saturated carbocycles. The summed E-state index contributed by atoms with van der Waals surface area (Å²) in [6.07, 6.45) is -5.08. The first kappa shape index (κ1) is 32.2. The number of anilines is 2. The third kappa shape index (κ3) is 8.57. The van der Waals surface area contributed by atoms with Crippen molar-refractivity contribution in [3.8, 4) is 0 Å². The Kier molecular flexibility index (Phi) is 10.6. The van der Waals surface area contributed by atoms with Gasteiger partial charge in [-0.25, -0.2) is 13.2 Å². The van der Waals surface area contributed by atoms with E-state index in [1.807, 2.05) is 36.1 Å². The number of hydrogen-bond donors (Lipinski definition) is 3. The average Bonchev–Trinajstić information content (AvgIpc) is 2.94. The van der Waals surface area contributed by atoms with E-state index in [9.17, 15) is 26.4 Å². The normalized spacial score (nSPS) is 16.5. The molecule has 2 aromatic rings. The molecule has 0 spiro atoms. The fourth-order valence-electron chi connectivity index (χ4n) is 4.58. The molecule has 2 aliphatic rings. The summed E-state index contributed by atoms with van der Waals surface area (Å²) in [5, 5.41) is 10.5. The van der Waals surface area contributed by atoms with Gasteiger partial charge < -0.3 is 25.1 Å². The number of halogens is 3. The first-order valence-electron chi connectivity index (χ1n) is 13.2. The Labute approximate surface area is 238 Å². The maximum Gasteiger partial charge on any atom is 0.490 e. The molecule has 0 bridgehead atoms. The van der Waals surface area contributed by atoms with E-state index in [1.165, 1.54) is 0 Å². The van der Waals surface area contributed by atoms with Crippen LogP contribution in [0.15, 0.2) is 41.3 Å². The molecule has 41 heavy (non-hydrogen) atoms. The number of rotatable bonds is 6. The van der Waals surface area contributed by atoms with Crippen LogP contribution in [0.1, 0.15) is 28.4 Å². The van der Waals surface area contributed by atoms with Crippen LogP contribution in [0.3, 0.4) is 0 Å². The number of aryl methyl sites for hydroxylation is 2. The van der Waals surface area contributed by atoms with Crippen LogP contribution in [0, 0.1) is 13.8 Å². The highest BCUT2D eigenvalue weighted by Crippen LogP contribution is 2.31. The van der Waals surface area contributed by atoms with E-state index in [4.69, 9.17) is 9.90 Å². The number of benzene rings is 2. The third-order valence-electron chi connectivity index (χ3n) is 6.93. The first-order valence-corrected chi connectivity index (χ1v) is 14.7. The van der Waals surface area contributed by atoms with Crippen LogP contribution in [0.4, 0.5) is 24.5 Å². The standard InChI is InChI=1S/C25H35N5O3S.C2HF3O2/c1-4-28-13-15-30(16-14-28)25(31)21-7-8-23(29-11-9-26-10-12-29)22(18-21)27-34(32,33)24-17-19(2)5-6-20(24)3;3-2(4,5)1(6)7/h5-8,17-18,26-27H,4,9-16H2,1-3H3;(H,6,7). The number of nitrogens with one attached hydrogen (secondary N) is 2. The van der Waals surface area contributed by atoms with Crippen LogP contribution in [0.2, 0.25) is 0 Å². The number of carboxylic acid groups (broad SMARTS) is 1. The van der Waals surface area contributed by atoms with Crippen LogP contribution < -0.4 is 14.9 Å². The Balaban J connectivity index is 0.000000587. The van der Waals surface area contributed by atoms with E-state index in [0.717, 1.165) is 57.1 Å². The highest BCUT2D eigenvalue weighted by Gasteiger charge is 2.38. The van der Waals surface area contributed by atoms with E-state index < -0.39 is 22.2 Å². The van der Waals surface area contributed by atoms with Gasteiger partial charge >= 0.3 is 12.1 Å². The molecular weight excluding hydrogens is 563 g/mol. The molecule has 2 aromatic carbocycles. The highest BCUT2D eigenvalue weighted by molar-refractivity contribution is 7.92. The Bertz CT molecular complexity index is 1340. The fraction of sp³-hybridized carbons (Fsp3) is 0.481. The molecule has 226 valence electrons. The number of nitrogens with zero attached hydrogens (tertiary/aromatic N) is 3. The van der Waals surface area contributed by atoms with Crippen LogP contribution in [0.25, 0.3) is 0 Å². The first-order chi connectivity index (χ1) is 19.2. The molecular formula is C27H36F3N5O5S. The Morgan fingerprint density at radius 1 is 0.976 bits per heavy atom. The zero-order chi connectivity index (χ0) is 30.4. The minimum Gasteiger partial charge on any atom is -0.475 e. The summed E-state index contributed by atoms with van der Waals surface area (Å²) in [5.41, 5.74) is 3.30.